The van der Waals surface area contributed by atoms with E-state index in [-0.39, 0.29) is 18.1 Å². The summed E-state index contributed by atoms with van der Waals surface area (Å²) in [6, 6.07) is 1.36. The van der Waals surface area contributed by atoms with E-state index < -0.39 is 10.8 Å². The number of primary amides is 1. The third-order valence-corrected chi connectivity index (χ3v) is 2.87. The summed E-state index contributed by atoms with van der Waals surface area (Å²) in [5.41, 5.74) is 5.02. The van der Waals surface area contributed by atoms with Crippen LogP contribution in [0.3, 0.4) is 0 Å². The maximum atomic E-state index is 11.1. The average Bonchev–Trinajstić information content (AvgIpc) is 2.34. The highest BCUT2D eigenvalue weighted by molar-refractivity contribution is 9.10. The Morgan fingerprint density at radius 1 is 1.63 bits per heavy atom. The molecule has 19 heavy (non-hydrogen) atoms. The smallest absolute Gasteiger partial charge is 0.312 e. The van der Waals surface area contributed by atoms with Gasteiger partial charge in [0.2, 0.25) is 11.7 Å². The number of aromatic nitrogens is 1. The molecular weight excluding hydrogens is 316 g/mol. The van der Waals surface area contributed by atoms with Crippen molar-refractivity contribution in [2.24, 2.45) is 5.73 Å². The molecule has 0 saturated carbocycles. The van der Waals surface area contributed by atoms with Gasteiger partial charge in [-0.2, -0.15) is 0 Å². The Kier molecular flexibility index (Phi) is 5.68. The van der Waals surface area contributed by atoms with Crippen molar-refractivity contribution in [3.05, 3.63) is 26.9 Å². The zero-order valence-electron chi connectivity index (χ0n) is 10.5. The number of hydrogen-bond donors (Lipinski definition) is 1. The molecule has 1 amide bonds. The first-order valence-corrected chi connectivity index (χ1v) is 6.58. The lowest BCUT2D eigenvalue weighted by atomic mass is 10.3. The Labute approximate surface area is 119 Å². The molecule has 0 aliphatic carbocycles. The van der Waals surface area contributed by atoms with Crippen LogP contribution in [-0.4, -0.2) is 28.9 Å². The zero-order valence-corrected chi connectivity index (χ0v) is 12.1. The number of nitrogens with two attached hydrogens (primary N) is 1. The minimum absolute atomic E-state index is 0.0878. The lowest BCUT2D eigenvalue weighted by Gasteiger charge is -2.21. The van der Waals surface area contributed by atoms with Crippen molar-refractivity contribution < 1.29 is 9.72 Å². The summed E-state index contributed by atoms with van der Waals surface area (Å²) in [6.45, 7) is 2.40. The van der Waals surface area contributed by atoms with Crippen LogP contribution in [0.2, 0.25) is 0 Å². The van der Waals surface area contributed by atoms with Gasteiger partial charge < -0.3 is 10.6 Å². The zero-order chi connectivity index (χ0) is 14.4. The summed E-state index contributed by atoms with van der Waals surface area (Å²) < 4.78 is 0.512. The van der Waals surface area contributed by atoms with Gasteiger partial charge in [-0.25, -0.2) is 4.98 Å². The number of carbonyl (C=O) groups excluding carboxylic acids is 1. The van der Waals surface area contributed by atoms with Gasteiger partial charge in [-0.3, -0.25) is 14.9 Å². The number of nitrogens with zero attached hydrogens (tertiary/aromatic N) is 3. The molecule has 2 N–H and O–H groups in total. The number of carbonyl (C=O) groups is 1. The molecule has 0 aliphatic heterocycles. The largest absolute Gasteiger partial charge is 0.368 e. The second-order valence-corrected chi connectivity index (χ2v) is 4.91. The predicted molar refractivity (Wildman–Crippen MR) is 74.9 cm³/mol. The highest BCUT2D eigenvalue weighted by atomic mass is 79.9. The van der Waals surface area contributed by atoms with Gasteiger partial charge in [-0.1, -0.05) is 13.3 Å². The summed E-state index contributed by atoms with van der Waals surface area (Å²) >= 11 is 3.14. The molecule has 1 aromatic heterocycles. The molecular formula is C11H15BrN4O3. The maximum absolute atomic E-state index is 11.1. The van der Waals surface area contributed by atoms with Gasteiger partial charge in [0.05, 0.1) is 11.5 Å². The first-order chi connectivity index (χ1) is 8.95. The first kappa shape index (κ1) is 15.4. The highest BCUT2D eigenvalue weighted by Crippen LogP contribution is 2.28. The van der Waals surface area contributed by atoms with Crippen LogP contribution in [0.4, 0.5) is 11.5 Å². The molecule has 0 spiro atoms. The van der Waals surface area contributed by atoms with Gasteiger partial charge >= 0.3 is 5.69 Å². The van der Waals surface area contributed by atoms with Gasteiger partial charge in [0, 0.05) is 23.3 Å². The molecule has 1 rings (SSSR count). The molecule has 0 fully saturated rings. The molecule has 0 atom stereocenters. The van der Waals surface area contributed by atoms with Gasteiger partial charge in [0.25, 0.3) is 0 Å². The fourth-order valence-electron chi connectivity index (χ4n) is 1.60. The Hall–Kier alpha value is -1.70. The van der Waals surface area contributed by atoms with E-state index in [4.69, 9.17) is 5.73 Å². The van der Waals surface area contributed by atoms with Crippen LogP contribution in [0.1, 0.15) is 19.8 Å². The SMILES string of the molecule is CCCCN(CC(N)=O)c1ncc(Br)cc1[N+](=O)[O-]. The van der Waals surface area contributed by atoms with Crippen molar-refractivity contribution in [2.75, 3.05) is 18.0 Å². The van der Waals surface area contributed by atoms with Crippen LogP contribution < -0.4 is 10.6 Å². The topological polar surface area (TPSA) is 102 Å². The fourth-order valence-corrected chi connectivity index (χ4v) is 1.92. The van der Waals surface area contributed by atoms with Crippen molar-refractivity contribution in [1.29, 1.82) is 0 Å². The van der Waals surface area contributed by atoms with Gasteiger partial charge in [-0.15, -0.1) is 0 Å². The minimum Gasteiger partial charge on any atom is -0.368 e. The second-order valence-electron chi connectivity index (χ2n) is 3.99. The molecule has 1 aromatic rings. The Balaban J connectivity index is 3.12. The number of halogens is 1. The van der Waals surface area contributed by atoms with E-state index >= 15 is 0 Å². The Bertz CT molecular complexity index is 481. The van der Waals surface area contributed by atoms with E-state index in [0.717, 1.165) is 12.8 Å². The van der Waals surface area contributed by atoms with Crippen LogP contribution in [-0.2, 0) is 4.79 Å². The minimum atomic E-state index is -0.546. The van der Waals surface area contributed by atoms with E-state index in [2.05, 4.69) is 20.9 Å². The van der Waals surface area contributed by atoms with Crippen molar-refractivity contribution in [1.82, 2.24) is 4.98 Å². The lowest BCUT2D eigenvalue weighted by molar-refractivity contribution is -0.384. The third kappa shape index (κ3) is 4.47. The predicted octanol–water partition coefficient (Wildman–Crippen LogP) is 1.84. The summed E-state index contributed by atoms with van der Waals surface area (Å²) in [4.78, 5) is 27.2. The molecule has 1 heterocycles. The molecule has 104 valence electrons. The Morgan fingerprint density at radius 2 is 2.32 bits per heavy atom. The van der Waals surface area contributed by atoms with E-state index in [1.807, 2.05) is 6.92 Å². The summed E-state index contributed by atoms with van der Waals surface area (Å²) in [5, 5.41) is 11.0. The fraction of sp³-hybridized carbons (Fsp3) is 0.455. The molecule has 0 aromatic carbocycles. The normalized spacial score (nSPS) is 10.2. The van der Waals surface area contributed by atoms with E-state index in [1.165, 1.54) is 17.2 Å². The molecule has 0 aliphatic rings. The Morgan fingerprint density at radius 3 is 2.84 bits per heavy atom. The van der Waals surface area contributed by atoms with Crippen LogP contribution in [0, 0.1) is 10.1 Å². The maximum Gasteiger partial charge on any atom is 0.312 e. The molecule has 8 heteroatoms. The lowest BCUT2D eigenvalue weighted by Crippen LogP contribution is -2.35. The molecule has 0 saturated heterocycles. The molecule has 0 bridgehead atoms. The van der Waals surface area contributed by atoms with Crippen molar-refractivity contribution >= 4 is 33.3 Å². The van der Waals surface area contributed by atoms with Crippen LogP contribution in [0.15, 0.2) is 16.7 Å². The molecule has 0 unspecified atom stereocenters. The summed E-state index contributed by atoms with van der Waals surface area (Å²) in [6.07, 6.45) is 3.16. The monoisotopic (exact) mass is 330 g/mol. The number of unbranched alkanes of at least 4 members (excludes halogenated alkanes) is 1. The number of pyridine rings is 1. The summed E-state index contributed by atoms with van der Waals surface area (Å²) in [7, 11) is 0. The van der Waals surface area contributed by atoms with Gasteiger partial charge in [-0.05, 0) is 22.4 Å². The van der Waals surface area contributed by atoms with Crippen LogP contribution in [0.25, 0.3) is 0 Å². The second kappa shape index (κ2) is 7.03. The van der Waals surface area contributed by atoms with Crippen LogP contribution in [0.5, 0.6) is 0 Å². The van der Waals surface area contributed by atoms with E-state index in [9.17, 15) is 14.9 Å². The van der Waals surface area contributed by atoms with Crippen LogP contribution >= 0.6 is 15.9 Å². The number of anilines is 1. The molecule has 0 radical (unpaired) electrons. The van der Waals surface area contributed by atoms with Gasteiger partial charge in [0.15, 0.2) is 0 Å². The van der Waals surface area contributed by atoms with Crippen molar-refractivity contribution in [3.63, 3.8) is 0 Å². The number of rotatable bonds is 7. The summed E-state index contributed by atoms with van der Waals surface area (Å²) in [5.74, 6) is -0.379. The standard InChI is InChI=1S/C11H15BrN4O3/c1-2-3-4-15(7-10(13)17)11-9(16(18)19)5-8(12)6-14-11/h5-6H,2-4,7H2,1H3,(H2,13,17). The number of hydrogen-bond acceptors (Lipinski definition) is 5. The molecule has 7 nitrogen and oxygen atoms in total. The van der Waals surface area contributed by atoms with Crippen molar-refractivity contribution in [2.45, 2.75) is 19.8 Å². The first-order valence-electron chi connectivity index (χ1n) is 5.79. The quantitative estimate of drug-likeness (QED) is 0.607. The number of nitro groups is 1. The van der Waals surface area contributed by atoms with E-state index in [0.29, 0.717) is 11.0 Å². The average molecular weight is 331 g/mol. The number of amides is 1. The van der Waals surface area contributed by atoms with E-state index in [1.54, 1.807) is 0 Å². The van der Waals surface area contributed by atoms with Crippen molar-refractivity contribution in [3.8, 4) is 0 Å². The third-order valence-electron chi connectivity index (χ3n) is 2.44. The highest BCUT2D eigenvalue weighted by Gasteiger charge is 2.22. The van der Waals surface area contributed by atoms with Gasteiger partial charge in [0.1, 0.15) is 0 Å².